The Morgan fingerprint density at radius 1 is 1.20 bits per heavy atom. The molecule has 0 aliphatic heterocycles. The fourth-order valence-electron chi connectivity index (χ4n) is 1.80. The molecule has 0 radical (unpaired) electrons. The van der Waals surface area contributed by atoms with Crippen molar-refractivity contribution in [3.8, 4) is 0 Å². The highest BCUT2D eigenvalue weighted by Crippen LogP contribution is 2.13. The lowest BCUT2D eigenvalue weighted by Gasteiger charge is -2.21. The van der Waals surface area contributed by atoms with Crippen LogP contribution in [-0.4, -0.2) is 16.0 Å². The maximum absolute atomic E-state index is 4.37. The van der Waals surface area contributed by atoms with Gasteiger partial charge in [-0.1, -0.05) is 13.8 Å². The zero-order chi connectivity index (χ0) is 11.3. The van der Waals surface area contributed by atoms with E-state index in [0.29, 0.717) is 6.04 Å². The summed E-state index contributed by atoms with van der Waals surface area (Å²) in [4.78, 5) is 8.63. The molecular weight excluding hydrogens is 186 g/mol. The summed E-state index contributed by atoms with van der Waals surface area (Å²) in [5.74, 6) is 0. The number of aryl methyl sites for hydroxylation is 1. The molecule has 1 rings (SSSR count). The van der Waals surface area contributed by atoms with Gasteiger partial charge in [-0.2, -0.15) is 0 Å². The molecule has 3 nitrogen and oxygen atoms in total. The SMILES string of the molecule is CCC(CC)NC(C)c1nccnc1C. The van der Waals surface area contributed by atoms with Crippen LogP contribution in [0.4, 0.5) is 0 Å². The van der Waals surface area contributed by atoms with Gasteiger partial charge < -0.3 is 5.32 Å². The van der Waals surface area contributed by atoms with E-state index in [1.54, 1.807) is 12.4 Å². The number of nitrogens with one attached hydrogen (secondary N) is 1. The van der Waals surface area contributed by atoms with Crippen molar-refractivity contribution in [3.63, 3.8) is 0 Å². The zero-order valence-electron chi connectivity index (χ0n) is 10.1. The van der Waals surface area contributed by atoms with Crippen LogP contribution in [0.2, 0.25) is 0 Å². The third-order valence-corrected chi connectivity index (χ3v) is 2.80. The standard InChI is InChI=1S/C12H21N3/c1-5-11(6-2)15-10(4)12-9(3)13-7-8-14-12/h7-8,10-11,15H,5-6H2,1-4H3. The summed E-state index contributed by atoms with van der Waals surface area (Å²) in [6, 6.07) is 0.852. The van der Waals surface area contributed by atoms with E-state index < -0.39 is 0 Å². The quantitative estimate of drug-likeness (QED) is 0.806. The van der Waals surface area contributed by atoms with Crippen molar-refractivity contribution in [2.75, 3.05) is 0 Å². The minimum absolute atomic E-state index is 0.281. The minimum atomic E-state index is 0.281. The zero-order valence-corrected chi connectivity index (χ0v) is 10.1. The lowest BCUT2D eigenvalue weighted by molar-refractivity contribution is 0.425. The smallest absolute Gasteiger partial charge is 0.0782 e. The summed E-state index contributed by atoms with van der Waals surface area (Å²) >= 11 is 0. The Balaban J connectivity index is 2.68. The molecule has 84 valence electrons. The molecule has 0 aliphatic carbocycles. The number of nitrogens with zero attached hydrogens (tertiary/aromatic N) is 2. The van der Waals surface area contributed by atoms with E-state index in [0.717, 1.165) is 24.2 Å². The van der Waals surface area contributed by atoms with Crippen LogP contribution in [0.1, 0.15) is 51.0 Å². The summed E-state index contributed by atoms with van der Waals surface area (Å²) in [5, 5.41) is 3.57. The van der Waals surface area contributed by atoms with Gasteiger partial charge in [-0.05, 0) is 26.7 Å². The van der Waals surface area contributed by atoms with Crippen molar-refractivity contribution in [2.24, 2.45) is 0 Å². The first kappa shape index (κ1) is 12.1. The topological polar surface area (TPSA) is 37.8 Å². The minimum Gasteiger partial charge on any atom is -0.306 e. The van der Waals surface area contributed by atoms with Gasteiger partial charge in [0.15, 0.2) is 0 Å². The Morgan fingerprint density at radius 3 is 2.33 bits per heavy atom. The lowest BCUT2D eigenvalue weighted by Crippen LogP contribution is -2.31. The molecule has 1 aromatic heterocycles. The van der Waals surface area contributed by atoms with Crippen LogP contribution in [0.3, 0.4) is 0 Å². The van der Waals surface area contributed by atoms with Crippen molar-refractivity contribution in [1.82, 2.24) is 15.3 Å². The highest BCUT2D eigenvalue weighted by Gasteiger charge is 2.13. The Bertz CT molecular complexity index is 295. The van der Waals surface area contributed by atoms with E-state index in [4.69, 9.17) is 0 Å². The van der Waals surface area contributed by atoms with Gasteiger partial charge in [0.05, 0.1) is 11.4 Å². The molecule has 0 spiro atoms. The average Bonchev–Trinajstić information content (AvgIpc) is 2.26. The Kier molecular flexibility index (Phi) is 4.69. The van der Waals surface area contributed by atoms with Crippen LogP contribution in [0.25, 0.3) is 0 Å². The summed E-state index contributed by atoms with van der Waals surface area (Å²) in [6.45, 7) is 8.57. The first-order valence-corrected chi connectivity index (χ1v) is 5.72. The molecule has 0 aliphatic rings. The van der Waals surface area contributed by atoms with Crippen LogP contribution in [-0.2, 0) is 0 Å². The number of rotatable bonds is 5. The average molecular weight is 207 g/mol. The lowest BCUT2D eigenvalue weighted by atomic mass is 10.1. The van der Waals surface area contributed by atoms with Gasteiger partial charge in [-0.25, -0.2) is 0 Å². The first-order chi connectivity index (χ1) is 7.19. The molecule has 0 saturated heterocycles. The van der Waals surface area contributed by atoms with Gasteiger partial charge in [0.2, 0.25) is 0 Å². The van der Waals surface area contributed by atoms with Crippen molar-refractivity contribution in [1.29, 1.82) is 0 Å². The largest absolute Gasteiger partial charge is 0.306 e. The molecule has 0 amide bonds. The van der Waals surface area contributed by atoms with E-state index in [-0.39, 0.29) is 6.04 Å². The fourth-order valence-corrected chi connectivity index (χ4v) is 1.80. The Hall–Kier alpha value is -0.960. The molecule has 1 atom stereocenters. The second-order valence-electron chi connectivity index (χ2n) is 3.93. The van der Waals surface area contributed by atoms with E-state index in [2.05, 4.69) is 36.1 Å². The summed E-state index contributed by atoms with van der Waals surface area (Å²) in [5.41, 5.74) is 2.08. The molecule has 1 heterocycles. The first-order valence-electron chi connectivity index (χ1n) is 5.72. The summed E-state index contributed by atoms with van der Waals surface area (Å²) < 4.78 is 0. The molecule has 1 N–H and O–H groups in total. The van der Waals surface area contributed by atoms with Crippen molar-refractivity contribution in [3.05, 3.63) is 23.8 Å². The maximum atomic E-state index is 4.37. The Labute approximate surface area is 92.3 Å². The van der Waals surface area contributed by atoms with Crippen LogP contribution in [0.5, 0.6) is 0 Å². The molecule has 1 aromatic rings. The predicted octanol–water partition coefficient (Wildman–Crippen LogP) is 2.62. The molecule has 0 aromatic carbocycles. The van der Waals surface area contributed by atoms with Crippen LogP contribution >= 0.6 is 0 Å². The molecule has 0 fully saturated rings. The summed E-state index contributed by atoms with van der Waals surface area (Å²) in [7, 11) is 0. The predicted molar refractivity (Wildman–Crippen MR) is 62.7 cm³/mol. The number of hydrogen-bond acceptors (Lipinski definition) is 3. The van der Waals surface area contributed by atoms with E-state index in [1.807, 2.05) is 6.92 Å². The van der Waals surface area contributed by atoms with E-state index >= 15 is 0 Å². The van der Waals surface area contributed by atoms with E-state index in [9.17, 15) is 0 Å². The highest BCUT2D eigenvalue weighted by atomic mass is 15.0. The number of aromatic nitrogens is 2. The third kappa shape index (κ3) is 3.27. The van der Waals surface area contributed by atoms with Crippen LogP contribution in [0, 0.1) is 6.92 Å². The summed E-state index contributed by atoms with van der Waals surface area (Å²) in [6.07, 6.45) is 5.80. The van der Waals surface area contributed by atoms with Crippen molar-refractivity contribution >= 4 is 0 Å². The third-order valence-electron chi connectivity index (χ3n) is 2.80. The second-order valence-corrected chi connectivity index (χ2v) is 3.93. The van der Waals surface area contributed by atoms with Gasteiger partial charge in [0.1, 0.15) is 0 Å². The van der Waals surface area contributed by atoms with Gasteiger partial charge >= 0.3 is 0 Å². The molecule has 1 unspecified atom stereocenters. The fraction of sp³-hybridized carbons (Fsp3) is 0.667. The van der Waals surface area contributed by atoms with Gasteiger partial charge in [-0.15, -0.1) is 0 Å². The molecule has 0 saturated carbocycles. The van der Waals surface area contributed by atoms with Gasteiger partial charge in [0, 0.05) is 24.5 Å². The molecule has 15 heavy (non-hydrogen) atoms. The molecule has 0 bridgehead atoms. The normalized spacial score (nSPS) is 13.1. The highest BCUT2D eigenvalue weighted by molar-refractivity contribution is 5.12. The van der Waals surface area contributed by atoms with Crippen molar-refractivity contribution < 1.29 is 0 Å². The second kappa shape index (κ2) is 5.81. The van der Waals surface area contributed by atoms with Gasteiger partial charge in [0.25, 0.3) is 0 Å². The van der Waals surface area contributed by atoms with Gasteiger partial charge in [-0.3, -0.25) is 9.97 Å². The number of hydrogen-bond donors (Lipinski definition) is 1. The monoisotopic (exact) mass is 207 g/mol. The van der Waals surface area contributed by atoms with Crippen LogP contribution in [0.15, 0.2) is 12.4 Å². The molecular formula is C12H21N3. The van der Waals surface area contributed by atoms with Crippen molar-refractivity contribution in [2.45, 2.75) is 52.6 Å². The Morgan fingerprint density at radius 2 is 1.80 bits per heavy atom. The maximum Gasteiger partial charge on any atom is 0.0782 e. The van der Waals surface area contributed by atoms with E-state index in [1.165, 1.54) is 0 Å². The van der Waals surface area contributed by atoms with Crippen LogP contribution < -0.4 is 5.32 Å². The molecule has 3 heteroatoms.